The molecule has 3 nitrogen and oxygen atoms in total. The monoisotopic (exact) mass is 170 g/mol. The molecule has 0 radical (unpaired) electrons. The van der Waals surface area contributed by atoms with Crippen LogP contribution in [0.5, 0.6) is 0 Å². The molecule has 68 valence electrons. The predicted octanol–water partition coefficient (Wildman–Crippen LogP) is 0.745. The summed E-state index contributed by atoms with van der Waals surface area (Å²) in [5.74, 6) is 0. The van der Waals surface area contributed by atoms with E-state index in [4.69, 9.17) is 14.2 Å². The first-order chi connectivity index (χ1) is 5.90. The molecule has 0 saturated carbocycles. The molecule has 2 rings (SSSR count). The molecule has 2 aliphatic rings. The Labute approximate surface area is 72.3 Å². The molecule has 12 heavy (non-hydrogen) atoms. The molecular formula is C9H14O3. The van der Waals surface area contributed by atoms with Gasteiger partial charge in [-0.1, -0.05) is 6.08 Å². The van der Waals surface area contributed by atoms with Gasteiger partial charge >= 0.3 is 0 Å². The lowest BCUT2D eigenvalue weighted by atomic mass is 10.2. The minimum absolute atomic E-state index is 0.201. The molecule has 2 saturated heterocycles. The van der Waals surface area contributed by atoms with Crippen molar-refractivity contribution in [3.05, 3.63) is 12.7 Å². The van der Waals surface area contributed by atoms with Crippen LogP contribution in [0.1, 0.15) is 6.42 Å². The second-order valence-electron chi connectivity index (χ2n) is 3.22. The van der Waals surface area contributed by atoms with Crippen molar-refractivity contribution in [1.82, 2.24) is 0 Å². The Balaban J connectivity index is 1.67. The van der Waals surface area contributed by atoms with E-state index in [1.807, 2.05) is 6.08 Å². The molecule has 3 unspecified atom stereocenters. The van der Waals surface area contributed by atoms with E-state index in [-0.39, 0.29) is 6.10 Å². The van der Waals surface area contributed by atoms with Crippen LogP contribution in [0, 0.1) is 0 Å². The summed E-state index contributed by atoms with van der Waals surface area (Å²) in [4.78, 5) is 0. The summed E-state index contributed by atoms with van der Waals surface area (Å²) < 4.78 is 15.8. The maximum atomic E-state index is 5.61. The molecule has 0 bridgehead atoms. The van der Waals surface area contributed by atoms with Crippen LogP contribution in [-0.2, 0) is 14.2 Å². The summed E-state index contributed by atoms with van der Waals surface area (Å²) in [5, 5.41) is 0. The van der Waals surface area contributed by atoms with E-state index in [9.17, 15) is 0 Å². The number of ether oxygens (including phenoxy) is 3. The third-order valence-electron chi connectivity index (χ3n) is 2.07. The third-order valence-corrected chi connectivity index (χ3v) is 2.07. The Kier molecular flexibility index (Phi) is 2.44. The summed E-state index contributed by atoms with van der Waals surface area (Å²) in [6, 6.07) is 0. The van der Waals surface area contributed by atoms with Crippen molar-refractivity contribution in [1.29, 1.82) is 0 Å². The molecule has 2 fully saturated rings. The molecule has 2 heterocycles. The van der Waals surface area contributed by atoms with E-state index in [1.165, 1.54) is 0 Å². The number of epoxide rings is 2. The Bertz CT molecular complexity index is 161. The average molecular weight is 170 g/mol. The highest BCUT2D eigenvalue weighted by atomic mass is 16.6. The summed E-state index contributed by atoms with van der Waals surface area (Å²) in [7, 11) is 0. The van der Waals surface area contributed by atoms with Crippen molar-refractivity contribution < 1.29 is 14.2 Å². The summed E-state index contributed by atoms with van der Waals surface area (Å²) in [5.41, 5.74) is 0. The summed E-state index contributed by atoms with van der Waals surface area (Å²) in [6.07, 6.45) is 3.60. The van der Waals surface area contributed by atoms with Gasteiger partial charge in [0, 0.05) is 0 Å². The van der Waals surface area contributed by atoms with Gasteiger partial charge < -0.3 is 14.2 Å². The maximum absolute atomic E-state index is 5.61. The molecule has 0 aromatic heterocycles. The van der Waals surface area contributed by atoms with E-state index in [1.54, 1.807) is 0 Å². The van der Waals surface area contributed by atoms with E-state index in [2.05, 4.69) is 6.58 Å². The maximum Gasteiger partial charge on any atom is 0.107 e. The quantitative estimate of drug-likeness (QED) is 0.435. The van der Waals surface area contributed by atoms with Crippen molar-refractivity contribution in [2.24, 2.45) is 0 Å². The Morgan fingerprint density at radius 2 is 2.25 bits per heavy atom. The zero-order chi connectivity index (χ0) is 8.39. The smallest absolute Gasteiger partial charge is 0.107 e. The molecule has 2 aliphatic heterocycles. The van der Waals surface area contributed by atoms with Crippen LogP contribution in [0.25, 0.3) is 0 Å². The van der Waals surface area contributed by atoms with Crippen molar-refractivity contribution in [2.45, 2.75) is 24.7 Å². The van der Waals surface area contributed by atoms with Crippen LogP contribution in [0.4, 0.5) is 0 Å². The van der Waals surface area contributed by atoms with E-state index < -0.39 is 0 Å². The molecule has 0 spiro atoms. The van der Waals surface area contributed by atoms with E-state index in [0.29, 0.717) is 18.8 Å². The topological polar surface area (TPSA) is 34.3 Å². The zero-order valence-electron chi connectivity index (χ0n) is 7.07. The largest absolute Gasteiger partial charge is 0.372 e. The number of hydrogen-bond donors (Lipinski definition) is 0. The predicted molar refractivity (Wildman–Crippen MR) is 44.0 cm³/mol. The fourth-order valence-corrected chi connectivity index (χ4v) is 1.16. The molecule has 3 atom stereocenters. The first-order valence-corrected chi connectivity index (χ1v) is 4.36. The summed E-state index contributed by atoms with van der Waals surface area (Å²) >= 11 is 0. The van der Waals surface area contributed by atoms with Gasteiger partial charge in [-0.25, -0.2) is 0 Å². The highest BCUT2D eigenvalue weighted by molar-refractivity contribution is 4.86. The standard InChI is InChI=1S/C9H14O3/c1-2-3-8(9-6-12-9)11-5-7-4-10-7/h2,7-9H,1,3-6H2. The Morgan fingerprint density at radius 1 is 1.50 bits per heavy atom. The first-order valence-electron chi connectivity index (χ1n) is 4.36. The van der Waals surface area contributed by atoms with Gasteiger partial charge in [0.25, 0.3) is 0 Å². The van der Waals surface area contributed by atoms with Gasteiger partial charge in [0.15, 0.2) is 0 Å². The minimum Gasteiger partial charge on any atom is -0.372 e. The van der Waals surface area contributed by atoms with Crippen LogP contribution >= 0.6 is 0 Å². The Hall–Kier alpha value is -0.380. The molecular weight excluding hydrogens is 156 g/mol. The minimum atomic E-state index is 0.201. The SMILES string of the molecule is C=CCC(OCC1CO1)C1CO1. The van der Waals surface area contributed by atoms with Crippen LogP contribution in [-0.4, -0.2) is 38.1 Å². The Morgan fingerprint density at radius 3 is 2.75 bits per heavy atom. The zero-order valence-corrected chi connectivity index (χ0v) is 7.07. The van der Waals surface area contributed by atoms with Crippen LogP contribution in [0.3, 0.4) is 0 Å². The third kappa shape index (κ3) is 2.30. The van der Waals surface area contributed by atoms with Crippen LogP contribution in [0.15, 0.2) is 12.7 Å². The fourth-order valence-electron chi connectivity index (χ4n) is 1.16. The molecule has 0 amide bonds. The van der Waals surface area contributed by atoms with Gasteiger partial charge in [-0.05, 0) is 6.42 Å². The van der Waals surface area contributed by atoms with Gasteiger partial charge in [0.05, 0.1) is 25.9 Å². The molecule has 0 aromatic rings. The van der Waals surface area contributed by atoms with Crippen molar-refractivity contribution in [2.75, 3.05) is 19.8 Å². The van der Waals surface area contributed by atoms with Gasteiger partial charge in [-0.15, -0.1) is 6.58 Å². The normalized spacial score (nSPS) is 34.3. The van der Waals surface area contributed by atoms with Gasteiger partial charge in [-0.3, -0.25) is 0 Å². The highest BCUT2D eigenvalue weighted by Crippen LogP contribution is 2.21. The van der Waals surface area contributed by atoms with E-state index in [0.717, 1.165) is 19.6 Å². The first kappa shape index (κ1) is 8.23. The van der Waals surface area contributed by atoms with Gasteiger partial charge in [0.2, 0.25) is 0 Å². The lowest BCUT2D eigenvalue weighted by molar-refractivity contribution is 0.0265. The lowest BCUT2D eigenvalue weighted by Crippen LogP contribution is -2.21. The number of rotatable bonds is 6. The van der Waals surface area contributed by atoms with E-state index >= 15 is 0 Å². The summed E-state index contributed by atoms with van der Waals surface area (Å²) in [6.45, 7) is 6.08. The number of hydrogen-bond acceptors (Lipinski definition) is 3. The average Bonchev–Trinajstić information content (AvgIpc) is 2.86. The van der Waals surface area contributed by atoms with Crippen LogP contribution < -0.4 is 0 Å². The second kappa shape index (κ2) is 3.56. The molecule has 3 heteroatoms. The fraction of sp³-hybridized carbons (Fsp3) is 0.778. The lowest BCUT2D eigenvalue weighted by Gasteiger charge is -2.12. The van der Waals surface area contributed by atoms with Crippen molar-refractivity contribution in [3.63, 3.8) is 0 Å². The molecule has 0 N–H and O–H groups in total. The van der Waals surface area contributed by atoms with Crippen molar-refractivity contribution >= 4 is 0 Å². The second-order valence-corrected chi connectivity index (χ2v) is 3.22. The van der Waals surface area contributed by atoms with Crippen molar-refractivity contribution in [3.8, 4) is 0 Å². The van der Waals surface area contributed by atoms with Gasteiger partial charge in [-0.2, -0.15) is 0 Å². The molecule has 0 aromatic carbocycles. The molecule has 0 aliphatic carbocycles. The van der Waals surface area contributed by atoms with Crippen LogP contribution in [0.2, 0.25) is 0 Å². The van der Waals surface area contributed by atoms with Gasteiger partial charge in [0.1, 0.15) is 12.2 Å². The highest BCUT2D eigenvalue weighted by Gasteiger charge is 2.34.